The zero-order chi connectivity index (χ0) is 15.5. The summed E-state index contributed by atoms with van der Waals surface area (Å²) in [6.45, 7) is 3.64. The molecule has 0 aromatic carbocycles. The van der Waals surface area contributed by atoms with Gasteiger partial charge in [0.25, 0.3) is 6.43 Å². The van der Waals surface area contributed by atoms with E-state index in [-0.39, 0.29) is 18.7 Å². The monoisotopic (exact) mass is 318 g/mol. The Labute approximate surface area is 127 Å². The lowest BCUT2D eigenvalue weighted by Gasteiger charge is -2.23. The zero-order valence-electron chi connectivity index (χ0n) is 12.1. The van der Waals surface area contributed by atoms with Crippen molar-refractivity contribution >= 4 is 17.2 Å². The highest BCUT2D eigenvalue weighted by Gasteiger charge is 2.47. The van der Waals surface area contributed by atoms with E-state index in [2.05, 4.69) is 5.32 Å². The summed E-state index contributed by atoms with van der Waals surface area (Å²) in [5.74, 6) is -0.0122. The van der Waals surface area contributed by atoms with Gasteiger partial charge in [0.05, 0.1) is 12.1 Å². The van der Waals surface area contributed by atoms with Gasteiger partial charge in [0.15, 0.2) is 0 Å². The Balaban J connectivity index is 2.05. The number of carbonyl (C=O) groups excluding carboxylic acids is 1. The lowest BCUT2D eigenvalue weighted by atomic mass is 9.99. The summed E-state index contributed by atoms with van der Waals surface area (Å²) in [7, 11) is 0. The number of nitrogens with zero attached hydrogens (tertiary/aromatic N) is 1. The molecule has 1 aromatic rings. The number of rotatable bonds is 7. The molecule has 1 aliphatic rings. The fraction of sp³-hybridized carbons (Fsp3) is 0.643. The molecule has 21 heavy (non-hydrogen) atoms. The highest BCUT2D eigenvalue weighted by Crippen LogP contribution is 2.33. The number of halogens is 2. The van der Waals surface area contributed by atoms with E-state index in [1.165, 1.54) is 0 Å². The van der Waals surface area contributed by atoms with Crippen LogP contribution in [0.2, 0.25) is 0 Å². The third kappa shape index (κ3) is 3.59. The molecule has 2 atom stereocenters. The topological polar surface area (TPSA) is 41.6 Å². The van der Waals surface area contributed by atoms with Crippen molar-refractivity contribution in [3.05, 3.63) is 22.4 Å². The summed E-state index contributed by atoms with van der Waals surface area (Å²) in [4.78, 5) is 14.2. The summed E-state index contributed by atoms with van der Waals surface area (Å²) in [6, 6.07) is 1.96. The van der Waals surface area contributed by atoms with E-state index in [0.717, 1.165) is 5.56 Å². The number of carbonyl (C=O) groups is 1. The fourth-order valence-corrected chi connectivity index (χ4v) is 3.07. The molecule has 7 heteroatoms. The number of hydrogen-bond donors (Lipinski definition) is 1. The third-order valence-corrected chi connectivity index (χ3v) is 4.49. The van der Waals surface area contributed by atoms with Crippen LogP contribution in [0.1, 0.15) is 32.0 Å². The predicted octanol–water partition coefficient (Wildman–Crippen LogP) is 2.63. The summed E-state index contributed by atoms with van der Waals surface area (Å²) >= 11 is 1.56. The van der Waals surface area contributed by atoms with Crippen LogP contribution in [0, 0.1) is 0 Å². The molecule has 2 unspecified atom stereocenters. The van der Waals surface area contributed by atoms with Gasteiger partial charge < -0.3 is 9.64 Å². The highest BCUT2D eigenvalue weighted by atomic mass is 32.1. The fourth-order valence-electron chi connectivity index (χ4n) is 2.39. The van der Waals surface area contributed by atoms with Gasteiger partial charge in [0, 0.05) is 6.54 Å². The summed E-state index contributed by atoms with van der Waals surface area (Å²) in [6.07, 6.45) is -2.03. The molecule has 1 aromatic heterocycles. The van der Waals surface area contributed by atoms with E-state index in [4.69, 9.17) is 4.74 Å². The van der Waals surface area contributed by atoms with Crippen molar-refractivity contribution in [3.8, 4) is 0 Å². The molecule has 0 saturated carbocycles. The highest BCUT2D eigenvalue weighted by molar-refractivity contribution is 7.07. The van der Waals surface area contributed by atoms with Crippen molar-refractivity contribution in [3.63, 3.8) is 0 Å². The molecule has 1 aliphatic heterocycles. The third-order valence-electron chi connectivity index (χ3n) is 3.79. The summed E-state index contributed by atoms with van der Waals surface area (Å²) in [5.41, 5.74) is 0.398. The van der Waals surface area contributed by atoms with Gasteiger partial charge in [-0.3, -0.25) is 10.1 Å². The molecular weight excluding hydrogens is 298 g/mol. The van der Waals surface area contributed by atoms with Crippen molar-refractivity contribution in [2.45, 2.75) is 38.4 Å². The zero-order valence-corrected chi connectivity index (χ0v) is 13.0. The molecule has 2 heterocycles. The van der Waals surface area contributed by atoms with E-state index in [1.54, 1.807) is 16.2 Å². The van der Waals surface area contributed by atoms with Crippen molar-refractivity contribution in [1.29, 1.82) is 0 Å². The molecule has 1 fully saturated rings. The standard InChI is InChI=1S/C14H20F2N2O2S/c1-3-14(2)13(19)18(5-6-20-8-11(15)16)12(17-14)10-4-7-21-9-10/h4,7,9,11-12,17H,3,5-6,8H2,1-2H3. The van der Waals surface area contributed by atoms with Crippen LogP contribution in [0.4, 0.5) is 8.78 Å². The SMILES string of the molecule is CCC1(C)NC(c2ccsc2)N(CCOCC(F)F)C1=O. The lowest BCUT2D eigenvalue weighted by Crippen LogP contribution is -2.43. The molecule has 1 amide bonds. The predicted molar refractivity (Wildman–Crippen MR) is 77.4 cm³/mol. The van der Waals surface area contributed by atoms with Crippen LogP contribution in [0.25, 0.3) is 0 Å². The Morgan fingerprint density at radius 3 is 2.90 bits per heavy atom. The number of ether oxygens (including phenoxy) is 1. The Bertz CT molecular complexity index is 470. The first-order valence-corrected chi connectivity index (χ1v) is 7.89. The first kappa shape index (κ1) is 16.3. The van der Waals surface area contributed by atoms with Crippen LogP contribution in [0.5, 0.6) is 0 Å². The Kier molecular flexibility index (Phi) is 5.29. The van der Waals surface area contributed by atoms with E-state index < -0.39 is 18.6 Å². The van der Waals surface area contributed by atoms with Crippen LogP contribution < -0.4 is 5.32 Å². The quantitative estimate of drug-likeness (QED) is 0.786. The molecule has 0 aliphatic carbocycles. The average molecular weight is 318 g/mol. The molecule has 0 spiro atoms. The Hall–Kier alpha value is -1.05. The lowest BCUT2D eigenvalue weighted by molar-refractivity contribution is -0.133. The maximum atomic E-state index is 12.6. The van der Waals surface area contributed by atoms with Crippen molar-refractivity contribution in [2.24, 2.45) is 0 Å². The minimum absolute atomic E-state index is 0.0122. The van der Waals surface area contributed by atoms with E-state index in [0.29, 0.717) is 13.0 Å². The second-order valence-electron chi connectivity index (χ2n) is 5.25. The van der Waals surface area contributed by atoms with Gasteiger partial charge in [-0.1, -0.05) is 6.92 Å². The molecule has 4 nitrogen and oxygen atoms in total. The van der Waals surface area contributed by atoms with Crippen molar-refractivity contribution < 1.29 is 18.3 Å². The second-order valence-corrected chi connectivity index (χ2v) is 6.03. The average Bonchev–Trinajstić information content (AvgIpc) is 3.05. The Morgan fingerprint density at radius 1 is 1.57 bits per heavy atom. The van der Waals surface area contributed by atoms with Gasteiger partial charge in [-0.2, -0.15) is 11.3 Å². The molecule has 118 valence electrons. The molecule has 2 rings (SSSR count). The van der Waals surface area contributed by atoms with E-state index >= 15 is 0 Å². The van der Waals surface area contributed by atoms with Crippen LogP contribution >= 0.6 is 11.3 Å². The van der Waals surface area contributed by atoms with E-state index in [9.17, 15) is 13.6 Å². The maximum Gasteiger partial charge on any atom is 0.261 e. The minimum Gasteiger partial charge on any atom is -0.374 e. The van der Waals surface area contributed by atoms with Crippen LogP contribution in [0.15, 0.2) is 16.8 Å². The summed E-state index contributed by atoms with van der Waals surface area (Å²) < 4.78 is 29.1. The molecule has 1 saturated heterocycles. The number of alkyl halides is 2. The molecule has 1 N–H and O–H groups in total. The largest absolute Gasteiger partial charge is 0.374 e. The van der Waals surface area contributed by atoms with Gasteiger partial charge in [-0.25, -0.2) is 8.78 Å². The number of nitrogens with one attached hydrogen (secondary N) is 1. The van der Waals surface area contributed by atoms with Crippen LogP contribution in [-0.2, 0) is 9.53 Å². The maximum absolute atomic E-state index is 12.6. The number of thiophene rings is 1. The molecule has 0 bridgehead atoms. The van der Waals surface area contributed by atoms with Crippen molar-refractivity contribution in [2.75, 3.05) is 19.8 Å². The van der Waals surface area contributed by atoms with Gasteiger partial charge in [0.1, 0.15) is 12.8 Å². The van der Waals surface area contributed by atoms with Gasteiger partial charge in [-0.15, -0.1) is 0 Å². The second kappa shape index (κ2) is 6.81. The van der Waals surface area contributed by atoms with Gasteiger partial charge >= 0.3 is 0 Å². The number of amides is 1. The Morgan fingerprint density at radius 2 is 2.33 bits per heavy atom. The molecule has 0 radical (unpaired) electrons. The van der Waals surface area contributed by atoms with E-state index in [1.807, 2.05) is 30.7 Å². The normalized spacial score (nSPS) is 26.0. The molecular formula is C14H20F2N2O2S. The minimum atomic E-state index is -2.48. The first-order valence-electron chi connectivity index (χ1n) is 6.94. The van der Waals surface area contributed by atoms with Gasteiger partial charge in [-0.05, 0) is 35.7 Å². The van der Waals surface area contributed by atoms with Crippen LogP contribution in [0.3, 0.4) is 0 Å². The summed E-state index contributed by atoms with van der Waals surface area (Å²) in [5, 5.41) is 7.29. The van der Waals surface area contributed by atoms with Crippen molar-refractivity contribution in [1.82, 2.24) is 10.2 Å². The number of hydrogen-bond acceptors (Lipinski definition) is 4. The van der Waals surface area contributed by atoms with Gasteiger partial charge in [0.2, 0.25) is 5.91 Å². The van der Waals surface area contributed by atoms with Crippen LogP contribution in [-0.4, -0.2) is 42.5 Å². The smallest absolute Gasteiger partial charge is 0.261 e. The first-order chi connectivity index (χ1) is 9.98.